The van der Waals surface area contributed by atoms with E-state index in [0.717, 1.165) is 0 Å². The van der Waals surface area contributed by atoms with Crippen LogP contribution in [0.1, 0.15) is 12.6 Å². The molecular weight excluding hydrogens is 226 g/mol. The molecule has 2 rings (SSSR count). The van der Waals surface area contributed by atoms with E-state index in [-0.39, 0.29) is 31.1 Å². The van der Waals surface area contributed by atoms with Crippen LogP contribution in [-0.4, -0.2) is 39.1 Å². The summed E-state index contributed by atoms with van der Waals surface area (Å²) in [4.78, 5) is 15.2. The number of ether oxygens (including phenoxy) is 1. The highest BCUT2D eigenvalue weighted by atomic mass is 16.5. The maximum Gasteiger partial charge on any atom is 0.351 e. The van der Waals surface area contributed by atoms with E-state index in [1.54, 1.807) is 0 Å². The van der Waals surface area contributed by atoms with Crippen molar-refractivity contribution in [1.29, 1.82) is 0 Å². The van der Waals surface area contributed by atoms with Crippen molar-refractivity contribution in [3.8, 4) is 0 Å². The van der Waals surface area contributed by atoms with E-state index in [1.807, 2.05) is 0 Å². The average Bonchev–Trinajstić information content (AvgIpc) is 2.72. The van der Waals surface area contributed by atoms with Gasteiger partial charge in [-0.3, -0.25) is 4.57 Å². The Balaban J connectivity index is 2.29. The van der Waals surface area contributed by atoms with Crippen molar-refractivity contribution in [2.24, 2.45) is 5.92 Å². The number of nitrogen functional groups attached to an aromatic ring is 1. The Hall–Kier alpha value is -1.44. The van der Waals surface area contributed by atoms with E-state index in [9.17, 15) is 9.90 Å². The minimum absolute atomic E-state index is 0.113. The van der Waals surface area contributed by atoms with Crippen LogP contribution in [0.5, 0.6) is 0 Å². The number of aliphatic hydroxyl groups excluding tert-OH is 2. The number of aromatic nitrogens is 2. The third kappa shape index (κ3) is 2.31. The molecule has 17 heavy (non-hydrogen) atoms. The molecule has 1 aliphatic heterocycles. The molecule has 3 atom stereocenters. The van der Waals surface area contributed by atoms with Crippen LogP contribution in [-0.2, 0) is 4.74 Å². The summed E-state index contributed by atoms with van der Waals surface area (Å²) in [6, 6.07) is 1.49. The SMILES string of the molecule is Nc1ccn([C@@H]2O[C@H](CO)C[C@H]2CO)c(=O)n1. The number of hydrogen-bond acceptors (Lipinski definition) is 6. The molecule has 0 aromatic carbocycles. The quantitative estimate of drug-likeness (QED) is 0.607. The summed E-state index contributed by atoms with van der Waals surface area (Å²) in [6.07, 6.45) is 1.03. The molecule has 2 heterocycles. The van der Waals surface area contributed by atoms with Crippen LogP contribution >= 0.6 is 0 Å². The van der Waals surface area contributed by atoms with Crippen molar-refractivity contribution in [1.82, 2.24) is 9.55 Å². The lowest BCUT2D eigenvalue weighted by Crippen LogP contribution is -2.31. The van der Waals surface area contributed by atoms with Gasteiger partial charge in [-0.05, 0) is 12.5 Å². The smallest absolute Gasteiger partial charge is 0.351 e. The molecule has 7 heteroatoms. The van der Waals surface area contributed by atoms with Gasteiger partial charge in [0.2, 0.25) is 0 Å². The number of hydrogen-bond donors (Lipinski definition) is 3. The Bertz CT molecular complexity index is 447. The maximum absolute atomic E-state index is 11.6. The molecule has 0 aliphatic carbocycles. The third-order valence-corrected chi connectivity index (χ3v) is 2.86. The molecule has 1 fully saturated rings. The van der Waals surface area contributed by atoms with Crippen LogP contribution in [0.4, 0.5) is 5.82 Å². The summed E-state index contributed by atoms with van der Waals surface area (Å²) in [7, 11) is 0. The standard InChI is InChI=1S/C10H15N3O4/c11-8-1-2-13(10(16)12-8)9-6(4-14)3-7(5-15)17-9/h1-2,6-7,9,14-15H,3-5H2,(H2,11,12,16)/t6-,7-,9+/m0/s1. The largest absolute Gasteiger partial charge is 0.396 e. The molecule has 0 bridgehead atoms. The summed E-state index contributed by atoms with van der Waals surface area (Å²) in [5.41, 5.74) is 4.87. The minimum atomic E-state index is -0.599. The Morgan fingerprint density at radius 3 is 2.88 bits per heavy atom. The summed E-state index contributed by atoms with van der Waals surface area (Å²) in [5.74, 6) is -0.0845. The van der Waals surface area contributed by atoms with Crippen LogP contribution in [0, 0.1) is 5.92 Å². The average molecular weight is 241 g/mol. The lowest BCUT2D eigenvalue weighted by Gasteiger charge is -2.18. The molecule has 1 aliphatic rings. The molecule has 0 spiro atoms. The molecule has 0 radical (unpaired) electrons. The molecule has 4 N–H and O–H groups in total. The Kier molecular flexibility index (Phi) is 3.41. The summed E-state index contributed by atoms with van der Waals surface area (Å²) in [5, 5.41) is 18.3. The first-order chi connectivity index (χ1) is 8.15. The van der Waals surface area contributed by atoms with Gasteiger partial charge in [0.15, 0.2) is 0 Å². The second-order valence-corrected chi connectivity index (χ2v) is 4.05. The molecule has 94 valence electrons. The molecule has 1 aromatic rings. The molecule has 0 unspecified atom stereocenters. The number of nitrogens with two attached hydrogens (primary N) is 1. The summed E-state index contributed by atoms with van der Waals surface area (Å²) >= 11 is 0. The zero-order chi connectivity index (χ0) is 12.4. The number of rotatable bonds is 3. The van der Waals surface area contributed by atoms with Gasteiger partial charge >= 0.3 is 5.69 Å². The van der Waals surface area contributed by atoms with Crippen molar-refractivity contribution in [3.63, 3.8) is 0 Å². The van der Waals surface area contributed by atoms with E-state index in [4.69, 9.17) is 15.6 Å². The molecule has 1 aromatic heterocycles. The van der Waals surface area contributed by atoms with Crippen LogP contribution in [0.25, 0.3) is 0 Å². The van der Waals surface area contributed by atoms with Crippen LogP contribution in [0.15, 0.2) is 17.1 Å². The Morgan fingerprint density at radius 2 is 2.29 bits per heavy atom. The summed E-state index contributed by atoms with van der Waals surface area (Å²) < 4.78 is 6.78. The highest BCUT2D eigenvalue weighted by Crippen LogP contribution is 2.32. The van der Waals surface area contributed by atoms with Gasteiger partial charge in [0, 0.05) is 12.1 Å². The van der Waals surface area contributed by atoms with Gasteiger partial charge in [0.05, 0.1) is 19.3 Å². The van der Waals surface area contributed by atoms with Gasteiger partial charge in [-0.2, -0.15) is 4.98 Å². The minimum Gasteiger partial charge on any atom is -0.396 e. The van der Waals surface area contributed by atoms with Crippen LogP contribution < -0.4 is 11.4 Å². The predicted octanol–water partition coefficient (Wildman–Crippen LogP) is -1.29. The first-order valence-electron chi connectivity index (χ1n) is 5.37. The van der Waals surface area contributed by atoms with E-state index < -0.39 is 11.9 Å². The van der Waals surface area contributed by atoms with Crippen molar-refractivity contribution in [2.45, 2.75) is 18.8 Å². The Labute approximate surface area is 97.5 Å². The van der Waals surface area contributed by atoms with E-state index in [2.05, 4.69) is 4.98 Å². The van der Waals surface area contributed by atoms with Crippen molar-refractivity contribution in [3.05, 3.63) is 22.7 Å². The highest BCUT2D eigenvalue weighted by Gasteiger charge is 2.36. The molecule has 1 saturated heterocycles. The van der Waals surface area contributed by atoms with Gasteiger partial charge in [-0.1, -0.05) is 0 Å². The normalized spacial score (nSPS) is 28.5. The highest BCUT2D eigenvalue weighted by molar-refractivity contribution is 5.23. The van der Waals surface area contributed by atoms with Crippen LogP contribution in [0.2, 0.25) is 0 Å². The van der Waals surface area contributed by atoms with Gasteiger partial charge in [-0.15, -0.1) is 0 Å². The fraction of sp³-hybridized carbons (Fsp3) is 0.600. The summed E-state index contributed by atoms with van der Waals surface area (Å²) in [6.45, 7) is -0.248. The third-order valence-electron chi connectivity index (χ3n) is 2.86. The monoisotopic (exact) mass is 241 g/mol. The second kappa shape index (κ2) is 4.82. The van der Waals surface area contributed by atoms with Gasteiger partial charge < -0.3 is 20.7 Å². The fourth-order valence-electron chi connectivity index (χ4n) is 2.01. The topological polar surface area (TPSA) is 111 Å². The zero-order valence-corrected chi connectivity index (χ0v) is 9.19. The zero-order valence-electron chi connectivity index (χ0n) is 9.19. The number of nitrogens with zero attached hydrogens (tertiary/aromatic N) is 2. The first kappa shape index (κ1) is 12.0. The van der Waals surface area contributed by atoms with E-state index in [0.29, 0.717) is 6.42 Å². The van der Waals surface area contributed by atoms with Crippen LogP contribution in [0.3, 0.4) is 0 Å². The molecule has 0 saturated carbocycles. The van der Waals surface area contributed by atoms with Crippen molar-refractivity contribution < 1.29 is 14.9 Å². The predicted molar refractivity (Wildman–Crippen MR) is 59.1 cm³/mol. The lowest BCUT2D eigenvalue weighted by molar-refractivity contribution is -0.0406. The first-order valence-corrected chi connectivity index (χ1v) is 5.37. The van der Waals surface area contributed by atoms with Crippen molar-refractivity contribution >= 4 is 5.82 Å². The number of aliphatic hydroxyl groups is 2. The molecule has 7 nitrogen and oxygen atoms in total. The van der Waals surface area contributed by atoms with Gasteiger partial charge in [0.1, 0.15) is 12.0 Å². The fourth-order valence-corrected chi connectivity index (χ4v) is 2.01. The number of anilines is 1. The Morgan fingerprint density at radius 1 is 1.53 bits per heavy atom. The van der Waals surface area contributed by atoms with Gasteiger partial charge in [0.25, 0.3) is 0 Å². The maximum atomic E-state index is 11.6. The molecular formula is C10H15N3O4. The molecule has 0 amide bonds. The lowest BCUT2D eigenvalue weighted by atomic mass is 10.0. The van der Waals surface area contributed by atoms with E-state index in [1.165, 1.54) is 16.8 Å². The van der Waals surface area contributed by atoms with Gasteiger partial charge in [-0.25, -0.2) is 4.79 Å². The second-order valence-electron chi connectivity index (χ2n) is 4.05. The van der Waals surface area contributed by atoms with E-state index >= 15 is 0 Å². The van der Waals surface area contributed by atoms with Crippen molar-refractivity contribution in [2.75, 3.05) is 18.9 Å².